The molecule has 0 amide bonds. The first-order chi connectivity index (χ1) is 9.23. The Morgan fingerprint density at radius 1 is 1.25 bits per heavy atom. The van der Waals surface area contributed by atoms with Crippen LogP contribution in [0.2, 0.25) is 0 Å². The quantitative estimate of drug-likeness (QED) is 0.891. The molecule has 0 saturated heterocycles. The van der Waals surface area contributed by atoms with E-state index in [1.807, 2.05) is 0 Å². The zero-order valence-corrected chi connectivity index (χ0v) is 10.8. The Bertz CT molecular complexity index is 684. The number of aromatic amines is 1. The highest BCUT2D eigenvalue weighted by molar-refractivity contribution is 5.46. The molecule has 1 aromatic heterocycles. The van der Waals surface area contributed by atoms with Crippen LogP contribution >= 0.6 is 0 Å². The Hall–Kier alpha value is -2.18. The maximum absolute atomic E-state index is 13.0. The van der Waals surface area contributed by atoms with Gasteiger partial charge in [-0.15, -0.1) is 0 Å². The summed E-state index contributed by atoms with van der Waals surface area (Å²) in [5.74, 6) is -0.719. The highest BCUT2D eigenvalue weighted by Crippen LogP contribution is 2.35. The molecule has 0 aliphatic heterocycles. The maximum Gasteiger partial charge on any atom is 0.418 e. The van der Waals surface area contributed by atoms with Gasteiger partial charge in [-0.2, -0.15) is 13.2 Å². The molecule has 2 rings (SSSR count). The van der Waals surface area contributed by atoms with E-state index in [4.69, 9.17) is 0 Å². The van der Waals surface area contributed by atoms with E-state index in [-0.39, 0.29) is 11.6 Å². The molecule has 0 spiro atoms. The largest absolute Gasteiger partial charge is 0.493 e. The molecule has 0 atom stereocenters. The summed E-state index contributed by atoms with van der Waals surface area (Å²) in [7, 11) is 0. The average Bonchev–Trinajstić information content (AvgIpc) is 2.64. The highest BCUT2D eigenvalue weighted by Gasteiger charge is 2.35. The first-order valence-electron chi connectivity index (χ1n) is 5.94. The monoisotopic (exact) mass is 286 g/mol. The van der Waals surface area contributed by atoms with Gasteiger partial charge in [0.25, 0.3) is 0 Å². The van der Waals surface area contributed by atoms with Crippen molar-refractivity contribution in [2.45, 2.75) is 25.9 Å². The van der Waals surface area contributed by atoms with Crippen molar-refractivity contribution in [3.05, 3.63) is 46.0 Å². The molecular formula is C13H13F3N2O2. The zero-order valence-electron chi connectivity index (χ0n) is 10.8. The third kappa shape index (κ3) is 2.31. The number of aromatic hydroxyl groups is 1. The van der Waals surface area contributed by atoms with Crippen LogP contribution in [0.4, 0.5) is 13.2 Å². The van der Waals surface area contributed by atoms with Crippen LogP contribution in [0.1, 0.15) is 31.0 Å². The van der Waals surface area contributed by atoms with E-state index in [1.54, 1.807) is 13.8 Å². The van der Waals surface area contributed by atoms with Crippen molar-refractivity contribution in [3.8, 4) is 11.6 Å². The number of benzene rings is 1. The lowest BCUT2D eigenvalue weighted by molar-refractivity contribution is -0.137. The summed E-state index contributed by atoms with van der Waals surface area (Å²) in [4.78, 5) is 14.2. The number of rotatable bonds is 2. The van der Waals surface area contributed by atoms with E-state index in [0.717, 1.165) is 12.1 Å². The number of para-hydroxylation sites is 1. The molecule has 108 valence electrons. The fourth-order valence-electron chi connectivity index (χ4n) is 1.98. The molecule has 20 heavy (non-hydrogen) atoms. The number of nitrogens with zero attached hydrogens (tertiary/aromatic N) is 1. The van der Waals surface area contributed by atoms with Gasteiger partial charge in [-0.1, -0.05) is 26.0 Å². The van der Waals surface area contributed by atoms with E-state index >= 15 is 0 Å². The zero-order chi connectivity index (χ0) is 15.1. The van der Waals surface area contributed by atoms with Gasteiger partial charge in [0.2, 0.25) is 5.88 Å². The van der Waals surface area contributed by atoms with Crippen LogP contribution < -0.4 is 5.69 Å². The number of halogens is 3. The Morgan fingerprint density at radius 2 is 1.85 bits per heavy atom. The normalized spacial score (nSPS) is 12.1. The number of hydrogen-bond donors (Lipinski definition) is 2. The van der Waals surface area contributed by atoms with Crippen molar-refractivity contribution in [1.29, 1.82) is 0 Å². The van der Waals surface area contributed by atoms with Crippen molar-refractivity contribution >= 4 is 0 Å². The van der Waals surface area contributed by atoms with E-state index in [0.29, 0.717) is 4.57 Å². The fraction of sp³-hybridized carbons (Fsp3) is 0.308. The van der Waals surface area contributed by atoms with Crippen molar-refractivity contribution < 1.29 is 18.3 Å². The smallest absolute Gasteiger partial charge is 0.418 e. The maximum atomic E-state index is 13.0. The lowest BCUT2D eigenvalue weighted by Gasteiger charge is -2.13. The minimum Gasteiger partial charge on any atom is -0.493 e. The third-order valence-electron chi connectivity index (χ3n) is 2.93. The molecule has 7 heteroatoms. The first-order valence-corrected chi connectivity index (χ1v) is 5.94. The summed E-state index contributed by atoms with van der Waals surface area (Å²) >= 11 is 0. The summed E-state index contributed by atoms with van der Waals surface area (Å²) in [6.45, 7) is 3.43. The van der Waals surface area contributed by atoms with Crippen molar-refractivity contribution in [2.24, 2.45) is 0 Å². The van der Waals surface area contributed by atoms with Gasteiger partial charge in [-0.25, -0.2) is 9.36 Å². The molecule has 4 nitrogen and oxygen atoms in total. The molecule has 0 bridgehead atoms. The Kier molecular flexibility index (Phi) is 3.37. The number of alkyl halides is 3. The van der Waals surface area contributed by atoms with Gasteiger partial charge in [0.1, 0.15) is 0 Å². The molecule has 0 aliphatic carbocycles. The number of hydrogen-bond acceptors (Lipinski definition) is 2. The van der Waals surface area contributed by atoms with Crippen LogP contribution in [0, 0.1) is 0 Å². The summed E-state index contributed by atoms with van der Waals surface area (Å²) in [6, 6.07) is 4.61. The minimum atomic E-state index is -4.61. The van der Waals surface area contributed by atoms with E-state index in [1.165, 1.54) is 12.1 Å². The van der Waals surface area contributed by atoms with Crippen LogP contribution in [0.5, 0.6) is 5.88 Å². The standard InChI is InChI=1S/C13H13F3N2O2/c1-7(2)10-11(19)18(12(20)17-10)9-6-4-3-5-8(9)13(14,15)16/h3-7,19H,1-2H3,(H,17,20). The van der Waals surface area contributed by atoms with Crippen LogP contribution in [0.25, 0.3) is 5.69 Å². The van der Waals surface area contributed by atoms with Gasteiger partial charge < -0.3 is 10.1 Å². The lowest BCUT2D eigenvalue weighted by Crippen LogP contribution is -2.19. The molecule has 2 N–H and O–H groups in total. The number of aromatic nitrogens is 2. The molecule has 0 saturated carbocycles. The van der Waals surface area contributed by atoms with Gasteiger partial charge in [-0.3, -0.25) is 0 Å². The second kappa shape index (κ2) is 4.73. The molecule has 0 fully saturated rings. The molecule has 0 aliphatic rings. The van der Waals surface area contributed by atoms with Crippen LogP contribution in [-0.4, -0.2) is 14.7 Å². The Labute approximate surface area is 112 Å². The van der Waals surface area contributed by atoms with Crippen molar-refractivity contribution in [3.63, 3.8) is 0 Å². The summed E-state index contributed by atoms with van der Waals surface area (Å²) < 4.78 is 39.5. The Morgan fingerprint density at radius 3 is 2.35 bits per heavy atom. The molecule has 1 heterocycles. The van der Waals surface area contributed by atoms with Crippen LogP contribution in [0.3, 0.4) is 0 Å². The number of H-pyrrole nitrogens is 1. The lowest BCUT2D eigenvalue weighted by atomic mass is 10.1. The summed E-state index contributed by atoms with van der Waals surface area (Å²) in [5.41, 5.74) is -1.98. The summed E-state index contributed by atoms with van der Waals surface area (Å²) in [6.07, 6.45) is -4.61. The van der Waals surface area contributed by atoms with Gasteiger partial charge in [-0.05, 0) is 18.1 Å². The average molecular weight is 286 g/mol. The van der Waals surface area contributed by atoms with E-state index in [2.05, 4.69) is 4.98 Å². The molecule has 2 aromatic rings. The topological polar surface area (TPSA) is 58.0 Å². The molecule has 0 unspecified atom stereocenters. The van der Waals surface area contributed by atoms with E-state index < -0.39 is 29.0 Å². The SMILES string of the molecule is CC(C)c1[nH]c(=O)n(-c2ccccc2C(F)(F)F)c1O. The predicted molar refractivity (Wildman–Crippen MR) is 67.1 cm³/mol. The second-order valence-corrected chi connectivity index (χ2v) is 4.67. The van der Waals surface area contributed by atoms with Gasteiger partial charge in [0.05, 0.1) is 16.9 Å². The summed E-state index contributed by atoms with van der Waals surface area (Å²) in [5, 5.41) is 9.99. The number of imidazole rings is 1. The minimum absolute atomic E-state index is 0.201. The highest BCUT2D eigenvalue weighted by atomic mass is 19.4. The van der Waals surface area contributed by atoms with Gasteiger partial charge in [0.15, 0.2) is 0 Å². The third-order valence-corrected chi connectivity index (χ3v) is 2.93. The van der Waals surface area contributed by atoms with Gasteiger partial charge >= 0.3 is 11.9 Å². The van der Waals surface area contributed by atoms with Gasteiger partial charge in [0, 0.05) is 0 Å². The second-order valence-electron chi connectivity index (χ2n) is 4.67. The first kappa shape index (κ1) is 14.2. The van der Waals surface area contributed by atoms with Crippen LogP contribution in [0.15, 0.2) is 29.1 Å². The molecule has 1 aromatic carbocycles. The van der Waals surface area contributed by atoms with Crippen molar-refractivity contribution in [2.75, 3.05) is 0 Å². The fourth-order valence-corrected chi connectivity index (χ4v) is 1.98. The molecular weight excluding hydrogens is 273 g/mol. The van der Waals surface area contributed by atoms with E-state index in [9.17, 15) is 23.1 Å². The van der Waals surface area contributed by atoms with Crippen molar-refractivity contribution in [1.82, 2.24) is 9.55 Å². The predicted octanol–water partition coefficient (Wildman–Crippen LogP) is 3.01. The Balaban J connectivity index is 2.74. The molecule has 0 radical (unpaired) electrons. The number of nitrogens with one attached hydrogen (secondary N) is 1. The van der Waals surface area contributed by atoms with Crippen LogP contribution in [-0.2, 0) is 6.18 Å².